The van der Waals surface area contributed by atoms with Crippen LogP contribution in [-0.2, 0) is 6.54 Å². The Balaban J connectivity index is 1.59. The van der Waals surface area contributed by atoms with Crippen molar-refractivity contribution in [1.82, 2.24) is 25.1 Å². The highest BCUT2D eigenvalue weighted by Crippen LogP contribution is 2.39. The first-order valence-corrected chi connectivity index (χ1v) is 9.18. The average molecular weight is 422 g/mol. The Kier molecular flexibility index (Phi) is 4.58. The van der Waals surface area contributed by atoms with Crippen LogP contribution in [0.1, 0.15) is 5.69 Å². The van der Waals surface area contributed by atoms with Crippen molar-refractivity contribution < 1.29 is 17.6 Å². The molecule has 0 saturated heterocycles. The third-order valence-electron chi connectivity index (χ3n) is 4.63. The van der Waals surface area contributed by atoms with Gasteiger partial charge >= 0.3 is 6.01 Å². The van der Waals surface area contributed by atoms with Gasteiger partial charge in [-0.1, -0.05) is 5.10 Å². The van der Waals surface area contributed by atoms with Crippen LogP contribution in [0.3, 0.4) is 0 Å². The Morgan fingerprint density at radius 2 is 1.81 bits per heavy atom. The van der Waals surface area contributed by atoms with Gasteiger partial charge in [0.05, 0.1) is 35.2 Å². The second-order valence-corrected chi connectivity index (χ2v) is 6.65. The predicted octanol–water partition coefficient (Wildman–Crippen LogP) is 4.70. The summed E-state index contributed by atoms with van der Waals surface area (Å²) >= 11 is 0. The van der Waals surface area contributed by atoms with Crippen molar-refractivity contribution >= 4 is 16.9 Å². The standard InChI is InChI=1S/C21H13F3N6O/c22-12-3-1-11(2-4-12)18-17(15-7-13(23)8-16(24)19(15)28-18)20-29-30-21(31-20)27-10-14-9-25-5-6-26-14/h1-9,28H,10H2,(H,27,30). The van der Waals surface area contributed by atoms with Gasteiger partial charge in [0.1, 0.15) is 17.5 Å². The van der Waals surface area contributed by atoms with Crippen LogP contribution in [0.4, 0.5) is 19.2 Å². The SMILES string of the molecule is Fc1ccc(-c2[nH]c3c(F)cc(F)cc3c2-c2nnc(NCc3cnccn3)o2)cc1. The Morgan fingerprint density at radius 3 is 2.58 bits per heavy atom. The van der Waals surface area contributed by atoms with E-state index < -0.39 is 17.5 Å². The van der Waals surface area contributed by atoms with Gasteiger partial charge < -0.3 is 14.7 Å². The molecule has 3 heterocycles. The molecule has 31 heavy (non-hydrogen) atoms. The highest BCUT2D eigenvalue weighted by atomic mass is 19.1. The fourth-order valence-corrected chi connectivity index (χ4v) is 3.26. The lowest BCUT2D eigenvalue weighted by molar-refractivity contribution is 0.581. The van der Waals surface area contributed by atoms with Gasteiger partial charge in [0, 0.05) is 23.8 Å². The summed E-state index contributed by atoms with van der Waals surface area (Å²) < 4.78 is 47.5. The average Bonchev–Trinajstić information content (AvgIpc) is 3.38. The molecule has 5 aromatic rings. The fraction of sp³-hybridized carbons (Fsp3) is 0.0476. The molecule has 0 fully saturated rings. The van der Waals surface area contributed by atoms with E-state index in [2.05, 4.69) is 30.5 Å². The number of hydrogen-bond acceptors (Lipinski definition) is 6. The lowest BCUT2D eigenvalue weighted by Crippen LogP contribution is -2.01. The van der Waals surface area contributed by atoms with Gasteiger partial charge in [-0.2, -0.15) is 0 Å². The number of H-pyrrole nitrogens is 1. The zero-order valence-corrected chi connectivity index (χ0v) is 15.7. The molecule has 154 valence electrons. The summed E-state index contributed by atoms with van der Waals surface area (Å²) in [7, 11) is 0. The summed E-state index contributed by atoms with van der Waals surface area (Å²) in [6, 6.07) is 7.61. The first kappa shape index (κ1) is 18.8. The summed E-state index contributed by atoms with van der Waals surface area (Å²) in [5.74, 6) is -1.91. The number of halogens is 3. The van der Waals surface area contributed by atoms with Crippen LogP contribution in [0.25, 0.3) is 33.6 Å². The van der Waals surface area contributed by atoms with Crippen molar-refractivity contribution in [3.63, 3.8) is 0 Å². The number of nitrogens with zero attached hydrogens (tertiary/aromatic N) is 4. The maximum atomic E-state index is 14.4. The molecule has 0 unspecified atom stereocenters. The molecule has 3 aromatic heterocycles. The molecule has 0 aliphatic carbocycles. The number of benzene rings is 2. The van der Waals surface area contributed by atoms with Crippen molar-refractivity contribution in [3.05, 3.63) is 78.1 Å². The maximum absolute atomic E-state index is 14.4. The van der Waals surface area contributed by atoms with Crippen molar-refractivity contribution in [3.8, 4) is 22.7 Å². The monoisotopic (exact) mass is 422 g/mol. The van der Waals surface area contributed by atoms with Crippen molar-refractivity contribution in [2.75, 3.05) is 5.32 Å². The zero-order valence-electron chi connectivity index (χ0n) is 15.7. The molecule has 0 aliphatic rings. The number of aromatic amines is 1. The zero-order chi connectivity index (χ0) is 21.4. The Morgan fingerprint density at radius 1 is 0.968 bits per heavy atom. The third kappa shape index (κ3) is 3.59. The van der Waals surface area contributed by atoms with Crippen molar-refractivity contribution in [2.45, 2.75) is 6.54 Å². The minimum absolute atomic E-state index is 0.0391. The number of fused-ring (bicyclic) bond motifs is 1. The van der Waals surface area contributed by atoms with E-state index >= 15 is 0 Å². The molecule has 2 N–H and O–H groups in total. The van der Waals surface area contributed by atoms with Crippen molar-refractivity contribution in [1.29, 1.82) is 0 Å². The van der Waals surface area contributed by atoms with Crippen LogP contribution >= 0.6 is 0 Å². The summed E-state index contributed by atoms with van der Waals surface area (Å²) in [5.41, 5.74) is 1.97. The Hall–Kier alpha value is -4.21. The third-order valence-corrected chi connectivity index (χ3v) is 4.63. The summed E-state index contributed by atoms with van der Waals surface area (Å²) in [6.45, 7) is 0.289. The largest absolute Gasteiger partial charge is 0.403 e. The van der Waals surface area contributed by atoms with E-state index in [9.17, 15) is 13.2 Å². The second kappa shape index (κ2) is 7.56. The molecule has 0 spiro atoms. The maximum Gasteiger partial charge on any atom is 0.316 e. The van der Waals surface area contributed by atoms with Gasteiger partial charge in [0.15, 0.2) is 0 Å². The molecule has 10 heteroatoms. The van der Waals surface area contributed by atoms with Crippen LogP contribution in [0.5, 0.6) is 0 Å². The molecule has 7 nitrogen and oxygen atoms in total. The summed E-state index contributed by atoms with van der Waals surface area (Å²) in [5, 5.41) is 11.1. The molecule has 2 aromatic carbocycles. The summed E-state index contributed by atoms with van der Waals surface area (Å²) in [4.78, 5) is 11.0. The van der Waals surface area contributed by atoms with Crippen LogP contribution in [0, 0.1) is 17.5 Å². The smallest absolute Gasteiger partial charge is 0.316 e. The molecular formula is C21H13F3N6O. The lowest BCUT2D eigenvalue weighted by atomic mass is 10.0. The number of hydrogen-bond donors (Lipinski definition) is 2. The molecule has 0 aliphatic heterocycles. The van der Waals surface area contributed by atoms with E-state index in [4.69, 9.17) is 4.42 Å². The molecule has 5 rings (SSSR count). The van der Waals surface area contributed by atoms with Gasteiger partial charge in [-0.05, 0) is 35.9 Å². The predicted molar refractivity (Wildman–Crippen MR) is 106 cm³/mol. The minimum atomic E-state index is -0.773. The number of aromatic nitrogens is 5. The minimum Gasteiger partial charge on any atom is -0.403 e. The van der Waals surface area contributed by atoms with Crippen LogP contribution in [0.15, 0.2) is 59.4 Å². The van der Waals surface area contributed by atoms with Gasteiger partial charge in [-0.25, -0.2) is 13.2 Å². The number of nitrogens with one attached hydrogen (secondary N) is 2. The van der Waals surface area contributed by atoms with Crippen LogP contribution in [-0.4, -0.2) is 25.1 Å². The van der Waals surface area contributed by atoms with Gasteiger partial charge in [-0.3, -0.25) is 9.97 Å². The molecule has 0 saturated carbocycles. The molecule has 0 atom stereocenters. The van der Waals surface area contributed by atoms with E-state index in [0.29, 0.717) is 22.5 Å². The van der Waals surface area contributed by atoms with E-state index in [-0.39, 0.29) is 29.4 Å². The molecular weight excluding hydrogens is 409 g/mol. The normalized spacial score (nSPS) is 11.2. The van der Waals surface area contributed by atoms with E-state index in [1.807, 2.05) is 0 Å². The van der Waals surface area contributed by atoms with E-state index in [0.717, 1.165) is 6.07 Å². The van der Waals surface area contributed by atoms with Gasteiger partial charge in [-0.15, -0.1) is 5.10 Å². The molecule has 0 bridgehead atoms. The topological polar surface area (TPSA) is 92.5 Å². The van der Waals surface area contributed by atoms with E-state index in [1.165, 1.54) is 30.3 Å². The fourth-order valence-electron chi connectivity index (χ4n) is 3.26. The Bertz CT molecular complexity index is 1370. The number of anilines is 1. The van der Waals surface area contributed by atoms with Crippen molar-refractivity contribution in [2.24, 2.45) is 0 Å². The molecule has 0 amide bonds. The van der Waals surface area contributed by atoms with Crippen LogP contribution < -0.4 is 5.32 Å². The highest BCUT2D eigenvalue weighted by Gasteiger charge is 2.23. The highest BCUT2D eigenvalue weighted by molar-refractivity contribution is 6.02. The van der Waals surface area contributed by atoms with Crippen LogP contribution in [0.2, 0.25) is 0 Å². The summed E-state index contributed by atoms with van der Waals surface area (Å²) in [6.07, 6.45) is 4.70. The second-order valence-electron chi connectivity index (χ2n) is 6.65. The number of rotatable bonds is 5. The molecule has 0 radical (unpaired) electrons. The first-order chi connectivity index (χ1) is 15.1. The first-order valence-electron chi connectivity index (χ1n) is 9.18. The Labute approximate surface area is 173 Å². The lowest BCUT2D eigenvalue weighted by Gasteiger charge is -2.02. The van der Waals surface area contributed by atoms with E-state index in [1.54, 1.807) is 18.6 Å². The van der Waals surface area contributed by atoms with Gasteiger partial charge in [0.25, 0.3) is 5.89 Å². The van der Waals surface area contributed by atoms with Gasteiger partial charge in [0.2, 0.25) is 0 Å². The quantitative estimate of drug-likeness (QED) is 0.426.